The molecule has 33 heavy (non-hydrogen) atoms. The zero-order valence-corrected chi connectivity index (χ0v) is 18.8. The van der Waals surface area contributed by atoms with Crippen LogP contribution < -0.4 is 5.32 Å². The lowest BCUT2D eigenvalue weighted by Gasteiger charge is -2.44. The molecular weight excluding hydrogens is 444 g/mol. The van der Waals surface area contributed by atoms with Gasteiger partial charge in [0.05, 0.1) is 18.4 Å². The number of carboxylic acid groups (broad SMARTS) is 1. The number of carbonyl (C=O) groups is 2. The van der Waals surface area contributed by atoms with Crippen LogP contribution in [-0.2, 0) is 0 Å². The smallest absolute Gasteiger partial charge is 0.407 e. The molecule has 4 rings (SSSR count). The summed E-state index contributed by atoms with van der Waals surface area (Å²) < 4.78 is 0. The molecule has 2 aliphatic rings. The molecule has 2 atom stereocenters. The number of amides is 2. The van der Waals surface area contributed by atoms with Gasteiger partial charge in [-0.2, -0.15) is 5.26 Å². The third-order valence-corrected chi connectivity index (χ3v) is 6.59. The molecule has 1 aromatic carbocycles. The number of halogens is 1. The lowest BCUT2D eigenvalue weighted by molar-refractivity contribution is 0.0528. The Kier molecular flexibility index (Phi) is 7.06. The molecule has 0 saturated carbocycles. The van der Waals surface area contributed by atoms with Gasteiger partial charge in [0.2, 0.25) is 0 Å². The minimum Gasteiger partial charge on any atom is -0.465 e. The number of hydrogen-bond acceptors (Lipinski definition) is 6. The van der Waals surface area contributed by atoms with Crippen molar-refractivity contribution in [2.75, 3.05) is 25.0 Å². The lowest BCUT2D eigenvalue weighted by Crippen LogP contribution is -2.49. The lowest BCUT2D eigenvalue weighted by atomic mass is 9.87. The van der Waals surface area contributed by atoms with Gasteiger partial charge >= 0.3 is 6.09 Å². The number of carbonyl (C=O) groups excluding carboxylic acids is 1. The summed E-state index contributed by atoms with van der Waals surface area (Å²) in [5, 5.41) is 21.8. The van der Waals surface area contributed by atoms with Crippen LogP contribution in [0, 0.1) is 11.3 Å². The molecule has 2 fully saturated rings. The number of likely N-dealkylation sites (tertiary alicyclic amines) is 2. The van der Waals surface area contributed by atoms with Crippen molar-refractivity contribution in [3.63, 3.8) is 0 Å². The van der Waals surface area contributed by atoms with Crippen molar-refractivity contribution in [2.45, 2.75) is 44.2 Å². The minimum absolute atomic E-state index is 0.138. The molecule has 0 radical (unpaired) electrons. The van der Waals surface area contributed by atoms with Gasteiger partial charge in [-0.3, -0.25) is 4.79 Å². The first kappa shape index (κ1) is 23.0. The fraction of sp³-hybridized carbons (Fsp3) is 0.435. The van der Waals surface area contributed by atoms with E-state index in [1.165, 1.54) is 23.7 Å². The largest absolute Gasteiger partial charge is 0.465 e. The number of aromatic nitrogens is 2. The minimum atomic E-state index is -1.00. The average molecular weight is 469 g/mol. The number of anilines is 1. The van der Waals surface area contributed by atoms with Gasteiger partial charge in [0.25, 0.3) is 5.91 Å². The zero-order chi connectivity index (χ0) is 23.4. The maximum Gasteiger partial charge on any atom is 0.407 e. The van der Waals surface area contributed by atoms with E-state index < -0.39 is 18.0 Å². The Labute approximate surface area is 197 Å². The quantitative estimate of drug-likeness (QED) is 0.696. The number of nitrogens with one attached hydrogen (secondary N) is 1. The van der Waals surface area contributed by atoms with Crippen molar-refractivity contribution in [1.29, 1.82) is 5.26 Å². The number of nitriles is 1. The highest BCUT2D eigenvalue weighted by Crippen LogP contribution is 2.37. The van der Waals surface area contributed by atoms with Crippen molar-refractivity contribution in [2.24, 2.45) is 0 Å². The number of piperidine rings is 2. The van der Waals surface area contributed by atoms with Crippen LogP contribution >= 0.6 is 11.6 Å². The van der Waals surface area contributed by atoms with E-state index in [0.29, 0.717) is 29.1 Å². The molecule has 3 heterocycles. The van der Waals surface area contributed by atoms with Gasteiger partial charge in [-0.05, 0) is 56.5 Å². The van der Waals surface area contributed by atoms with E-state index in [4.69, 9.17) is 16.9 Å². The van der Waals surface area contributed by atoms with Gasteiger partial charge in [-0.15, -0.1) is 0 Å². The van der Waals surface area contributed by atoms with Crippen LogP contribution in [0.4, 0.5) is 10.6 Å². The first-order valence-electron chi connectivity index (χ1n) is 11.0. The summed E-state index contributed by atoms with van der Waals surface area (Å²) in [5.74, 6) is -0.271. The predicted octanol–water partition coefficient (Wildman–Crippen LogP) is 3.92. The Morgan fingerprint density at radius 2 is 1.94 bits per heavy atom. The van der Waals surface area contributed by atoms with Gasteiger partial charge in [-0.1, -0.05) is 24.1 Å². The van der Waals surface area contributed by atoms with Crippen LogP contribution in [0.25, 0.3) is 0 Å². The molecule has 0 spiro atoms. The number of benzene rings is 1. The molecule has 0 aliphatic carbocycles. The highest BCUT2D eigenvalue weighted by molar-refractivity contribution is 6.31. The van der Waals surface area contributed by atoms with E-state index in [1.54, 1.807) is 18.2 Å². The molecule has 0 bridgehead atoms. The van der Waals surface area contributed by atoms with Crippen molar-refractivity contribution in [3.8, 4) is 6.07 Å². The molecule has 2 unspecified atom stereocenters. The van der Waals surface area contributed by atoms with Crippen molar-refractivity contribution in [3.05, 3.63) is 52.4 Å². The molecule has 2 aliphatic heterocycles. The van der Waals surface area contributed by atoms with E-state index in [0.717, 1.165) is 32.4 Å². The third-order valence-electron chi connectivity index (χ3n) is 6.35. The second kappa shape index (κ2) is 10.1. The second-order valence-electron chi connectivity index (χ2n) is 8.35. The number of rotatable bonds is 4. The fourth-order valence-electron chi connectivity index (χ4n) is 4.74. The van der Waals surface area contributed by atoms with Crippen LogP contribution in [0.2, 0.25) is 5.02 Å². The molecule has 2 amide bonds. The summed E-state index contributed by atoms with van der Waals surface area (Å²) in [6, 6.07) is 6.64. The molecule has 2 saturated heterocycles. The first-order chi connectivity index (χ1) is 16.0. The SMILES string of the molecule is N#Cc1cnc(NC(=O)c2cc(Cl)ccc2C2CC(N3CCCCC3)CCN2C(=O)O)cn1. The Balaban J connectivity index is 1.63. The van der Waals surface area contributed by atoms with Crippen molar-refractivity contribution in [1.82, 2.24) is 19.8 Å². The standard InChI is InChI=1S/C23H25ClN6O3/c24-15-4-5-18(19(10-15)22(31)28-21-14-26-16(12-25)13-27-21)20-11-17(6-9-30(20)23(32)33)29-7-2-1-3-8-29/h4-5,10,13-14,17,20H,1-3,6-9,11H2,(H,32,33)(H,27,28,31). The molecular formula is C23H25ClN6O3. The number of nitrogens with zero attached hydrogens (tertiary/aromatic N) is 5. The molecule has 2 N–H and O–H groups in total. The Morgan fingerprint density at radius 1 is 1.15 bits per heavy atom. The third kappa shape index (κ3) is 5.24. The zero-order valence-electron chi connectivity index (χ0n) is 18.1. The molecule has 2 aromatic rings. The van der Waals surface area contributed by atoms with Crippen LogP contribution in [0.15, 0.2) is 30.6 Å². The monoisotopic (exact) mass is 468 g/mol. The topological polar surface area (TPSA) is 122 Å². The van der Waals surface area contributed by atoms with E-state index >= 15 is 0 Å². The summed E-state index contributed by atoms with van der Waals surface area (Å²) in [4.78, 5) is 37.1. The normalized spacial score (nSPS) is 21.3. The van der Waals surface area contributed by atoms with E-state index in [-0.39, 0.29) is 17.6 Å². The summed E-state index contributed by atoms with van der Waals surface area (Å²) in [6.45, 7) is 2.46. The second-order valence-corrected chi connectivity index (χ2v) is 8.79. The summed E-state index contributed by atoms with van der Waals surface area (Å²) in [7, 11) is 0. The Hall–Kier alpha value is -3.22. The Bertz CT molecular complexity index is 1060. The first-order valence-corrected chi connectivity index (χ1v) is 11.4. The Morgan fingerprint density at radius 3 is 2.61 bits per heavy atom. The number of hydrogen-bond donors (Lipinski definition) is 2. The maximum absolute atomic E-state index is 13.2. The van der Waals surface area contributed by atoms with Crippen molar-refractivity contribution >= 4 is 29.4 Å². The highest BCUT2D eigenvalue weighted by Gasteiger charge is 2.37. The van der Waals surface area contributed by atoms with Crippen LogP contribution in [0.3, 0.4) is 0 Å². The van der Waals surface area contributed by atoms with Crippen LogP contribution in [-0.4, -0.2) is 62.6 Å². The van der Waals surface area contributed by atoms with E-state index in [1.807, 2.05) is 6.07 Å². The van der Waals surface area contributed by atoms with Gasteiger partial charge in [-0.25, -0.2) is 14.8 Å². The maximum atomic E-state index is 13.2. The summed E-state index contributed by atoms with van der Waals surface area (Å²) in [5.41, 5.74) is 1.05. The van der Waals surface area contributed by atoms with Gasteiger partial charge in [0.15, 0.2) is 11.5 Å². The summed E-state index contributed by atoms with van der Waals surface area (Å²) >= 11 is 6.21. The van der Waals surface area contributed by atoms with Gasteiger partial charge in [0.1, 0.15) is 6.07 Å². The van der Waals surface area contributed by atoms with Crippen LogP contribution in [0.5, 0.6) is 0 Å². The summed E-state index contributed by atoms with van der Waals surface area (Å²) in [6.07, 6.45) is 6.50. The molecule has 1 aromatic heterocycles. The predicted molar refractivity (Wildman–Crippen MR) is 122 cm³/mol. The van der Waals surface area contributed by atoms with E-state index in [9.17, 15) is 14.7 Å². The fourth-order valence-corrected chi connectivity index (χ4v) is 4.91. The van der Waals surface area contributed by atoms with Gasteiger partial charge in [0, 0.05) is 23.2 Å². The average Bonchev–Trinajstić information content (AvgIpc) is 2.84. The highest BCUT2D eigenvalue weighted by atomic mass is 35.5. The van der Waals surface area contributed by atoms with E-state index in [2.05, 4.69) is 20.2 Å². The molecule has 9 nitrogen and oxygen atoms in total. The van der Waals surface area contributed by atoms with Gasteiger partial charge < -0.3 is 20.2 Å². The molecule has 172 valence electrons. The van der Waals surface area contributed by atoms with Crippen molar-refractivity contribution < 1.29 is 14.7 Å². The van der Waals surface area contributed by atoms with Crippen LogP contribution in [0.1, 0.15) is 59.8 Å². The molecule has 10 heteroatoms.